The molecule has 90 valence electrons. The second kappa shape index (κ2) is 4.24. The van der Waals surface area contributed by atoms with Crippen LogP contribution >= 0.6 is 0 Å². The van der Waals surface area contributed by atoms with Gasteiger partial charge >= 0.3 is 0 Å². The van der Waals surface area contributed by atoms with Crippen molar-refractivity contribution in [2.24, 2.45) is 9.98 Å². The minimum absolute atomic E-state index is 0.649. The van der Waals surface area contributed by atoms with E-state index >= 15 is 0 Å². The summed E-state index contributed by atoms with van der Waals surface area (Å²) >= 11 is 0. The van der Waals surface area contributed by atoms with Crippen LogP contribution in [0.1, 0.15) is 18.6 Å². The number of nitrogens with zero attached hydrogens (tertiary/aromatic N) is 4. The number of furan rings is 1. The van der Waals surface area contributed by atoms with E-state index in [0.717, 1.165) is 18.3 Å². The van der Waals surface area contributed by atoms with Gasteiger partial charge in [-0.05, 0) is 25.0 Å². The fraction of sp³-hybridized carbons (Fsp3) is 0.500. The zero-order valence-corrected chi connectivity index (χ0v) is 9.91. The van der Waals surface area contributed by atoms with Crippen LogP contribution in [-0.4, -0.2) is 41.9 Å². The average molecular weight is 232 g/mol. The Morgan fingerprint density at radius 2 is 2.41 bits per heavy atom. The van der Waals surface area contributed by atoms with E-state index in [1.165, 1.54) is 12.8 Å². The predicted molar refractivity (Wildman–Crippen MR) is 65.8 cm³/mol. The zero-order valence-electron chi connectivity index (χ0n) is 9.91. The molecule has 1 aliphatic carbocycles. The third kappa shape index (κ3) is 2.33. The molecule has 0 unspecified atom stereocenters. The summed E-state index contributed by atoms with van der Waals surface area (Å²) in [6, 6.07) is 4.51. The largest absolute Gasteiger partial charge is 0.467 e. The predicted octanol–water partition coefficient (Wildman–Crippen LogP) is 1.53. The fourth-order valence-corrected chi connectivity index (χ4v) is 1.89. The van der Waals surface area contributed by atoms with E-state index < -0.39 is 0 Å². The lowest BCUT2D eigenvalue weighted by atomic mass is 10.4. The molecular formula is C12H16N4O. The molecule has 1 aromatic rings. The summed E-state index contributed by atoms with van der Waals surface area (Å²) in [6.45, 7) is 1.37. The highest BCUT2D eigenvalue weighted by molar-refractivity contribution is 5.88. The van der Waals surface area contributed by atoms with Gasteiger partial charge in [0.2, 0.25) is 5.96 Å². The molecule has 0 spiro atoms. The van der Waals surface area contributed by atoms with Crippen molar-refractivity contribution in [3.8, 4) is 0 Å². The Hall–Kier alpha value is -1.78. The van der Waals surface area contributed by atoms with Crippen molar-refractivity contribution in [3.63, 3.8) is 0 Å². The van der Waals surface area contributed by atoms with Gasteiger partial charge in [0.15, 0.2) is 0 Å². The number of guanidine groups is 1. The molecule has 2 aliphatic rings. The minimum atomic E-state index is 0.649. The highest BCUT2D eigenvalue weighted by Crippen LogP contribution is 2.26. The van der Waals surface area contributed by atoms with Crippen molar-refractivity contribution in [1.82, 2.24) is 9.80 Å². The Morgan fingerprint density at radius 3 is 3.00 bits per heavy atom. The van der Waals surface area contributed by atoms with Gasteiger partial charge in [-0.15, -0.1) is 0 Å². The summed E-state index contributed by atoms with van der Waals surface area (Å²) in [4.78, 5) is 13.1. The normalized spacial score (nSPS) is 19.4. The van der Waals surface area contributed by atoms with Crippen molar-refractivity contribution in [3.05, 3.63) is 24.2 Å². The first-order chi connectivity index (χ1) is 8.33. The van der Waals surface area contributed by atoms with Gasteiger partial charge in [-0.2, -0.15) is 0 Å². The van der Waals surface area contributed by atoms with Gasteiger partial charge in [0.25, 0.3) is 0 Å². The van der Waals surface area contributed by atoms with Gasteiger partial charge in [0.1, 0.15) is 12.4 Å². The van der Waals surface area contributed by atoms with Gasteiger partial charge in [-0.3, -0.25) is 0 Å². The van der Waals surface area contributed by atoms with E-state index in [9.17, 15) is 0 Å². The van der Waals surface area contributed by atoms with E-state index in [1.54, 1.807) is 6.26 Å². The van der Waals surface area contributed by atoms with Crippen LogP contribution in [0.5, 0.6) is 0 Å². The molecule has 3 rings (SSSR count). The van der Waals surface area contributed by atoms with Crippen molar-refractivity contribution >= 4 is 12.3 Å². The molecule has 1 fully saturated rings. The molecule has 2 heterocycles. The van der Waals surface area contributed by atoms with Crippen molar-refractivity contribution in [2.45, 2.75) is 25.4 Å². The molecule has 0 aromatic carbocycles. The highest BCUT2D eigenvalue weighted by atomic mass is 16.3. The lowest BCUT2D eigenvalue weighted by molar-refractivity contribution is 0.368. The SMILES string of the molecule is CN(C1=NCN(Cc2ccco2)C=N1)C1CC1. The minimum Gasteiger partial charge on any atom is -0.467 e. The van der Waals surface area contributed by atoms with Gasteiger partial charge in [0, 0.05) is 13.1 Å². The van der Waals surface area contributed by atoms with Gasteiger partial charge in [0.05, 0.1) is 19.1 Å². The third-order valence-corrected chi connectivity index (χ3v) is 3.08. The molecule has 0 radical (unpaired) electrons. The third-order valence-electron chi connectivity index (χ3n) is 3.08. The molecule has 1 saturated carbocycles. The molecule has 17 heavy (non-hydrogen) atoms. The standard InChI is InChI=1S/C12H16N4O/c1-15(10-4-5-10)12-13-8-16(9-14-12)7-11-3-2-6-17-11/h2-3,6,8,10H,4-5,7,9H2,1H3. The van der Waals surface area contributed by atoms with E-state index in [2.05, 4.69) is 21.9 Å². The van der Waals surface area contributed by atoms with Crippen LogP contribution in [0.4, 0.5) is 0 Å². The smallest absolute Gasteiger partial charge is 0.223 e. The fourth-order valence-electron chi connectivity index (χ4n) is 1.89. The Labute approximate surface area is 100 Å². The Balaban J connectivity index is 1.58. The molecular weight excluding hydrogens is 216 g/mol. The first kappa shape index (κ1) is 10.4. The second-order valence-corrected chi connectivity index (χ2v) is 4.51. The topological polar surface area (TPSA) is 44.3 Å². The molecule has 0 atom stereocenters. The Kier molecular flexibility index (Phi) is 2.59. The number of hydrogen-bond donors (Lipinski definition) is 0. The first-order valence-electron chi connectivity index (χ1n) is 5.91. The number of hydrogen-bond acceptors (Lipinski definition) is 5. The van der Waals surface area contributed by atoms with Crippen LogP contribution in [0, 0.1) is 0 Å². The molecule has 5 heteroatoms. The number of rotatable bonds is 3. The molecule has 0 bridgehead atoms. The van der Waals surface area contributed by atoms with Crippen molar-refractivity contribution in [1.29, 1.82) is 0 Å². The average Bonchev–Trinajstić information content (AvgIpc) is 3.09. The number of aliphatic imine (C=N–C) groups is 2. The maximum absolute atomic E-state index is 5.30. The zero-order chi connectivity index (χ0) is 11.7. The van der Waals surface area contributed by atoms with E-state index in [0.29, 0.717) is 12.7 Å². The molecule has 0 saturated heterocycles. The van der Waals surface area contributed by atoms with E-state index in [-0.39, 0.29) is 0 Å². The monoisotopic (exact) mass is 232 g/mol. The molecule has 0 amide bonds. The molecule has 1 aliphatic heterocycles. The molecule has 1 aromatic heterocycles. The van der Waals surface area contributed by atoms with Gasteiger partial charge in [-0.1, -0.05) is 0 Å². The summed E-state index contributed by atoms with van der Waals surface area (Å²) in [5.74, 6) is 1.79. The molecule has 0 N–H and O–H groups in total. The van der Waals surface area contributed by atoms with Crippen LogP contribution in [0.25, 0.3) is 0 Å². The van der Waals surface area contributed by atoms with Crippen LogP contribution < -0.4 is 0 Å². The van der Waals surface area contributed by atoms with Gasteiger partial charge < -0.3 is 14.2 Å². The van der Waals surface area contributed by atoms with Crippen LogP contribution in [0.3, 0.4) is 0 Å². The second-order valence-electron chi connectivity index (χ2n) is 4.51. The summed E-state index contributed by atoms with van der Waals surface area (Å²) in [5.41, 5.74) is 0. The highest BCUT2D eigenvalue weighted by Gasteiger charge is 2.28. The van der Waals surface area contributed by atoms with Crippen molar-refractivity contribution in [2.75, 3.05) is 13.7 Å². The summed E-state index contributed by atoms with van der Waals surface area (Å²) in [5, 5.41) is 0. The summed E-state index contributed by atoms with van der Waals surface area (Å²) < 4.78 is 5.30. The maximum atomic E-state index is 5.30. The van der Waals surface area contributed by atoms with Crippen molar-refractivity contribution < 1.29 is 4.42 Å². The quantitative estimate of drug-likeness (QED) is 0.794. The van der Waals surface area contributed by atoms with Gasteiger partial charge in [-0.25, -0.2) is 9.98 Å². The molecule has 5 nitrogen and oxygen atoms in total. The lowest BCUT2D eigenvalue weighted by Gasteiger charge is -2.24. The van der Waals surface area contributed by atoms with E-state index in [4.69, 9.17) is 4.42 Å². The lowest BCUT2D eigenvalue weighted by Crippen LogP contribution is -2.34. The Bertz CT molecular complexity index is 433. The van der Waals surface area contributed by atoms with Crippen LogP contribution in [0.15, 0.2) is 32.8 Å². The Morgan fingerprint density at radius 1 is 1.53 bits per heavy atom. The first-order valence-corrected chi connectivity index (χ1v) is 5.91. The van der Waals surface area contributed by atoms with Crippen LogP contribution in [-0.2, 0) is 6.54 Å². The summed E-state index contributed by atoms with van der Waals surface area (Å²) in [6.07, 6.45) is 6.07. The van der Waals surface area contributed by atoms with E-state index in [1.807, 2.05) is 23.4 Å². The van der Waals surface area contributed by atoms with Crippen LogP contribution in [0.2, 0.25) is 0 Å². The maximum Gasteiger partial charge on any atom is 0.223 e. The summed E-state index contributed by atoms with van der Waals surface area (Å²) in [7, 11) is 2.07.